The molecule has 0 atom stereocenters. The average Bonchev–Trinajstić information content (AvgIpc) is 3.52. The summed E-state index contributed by atoms with van der Waals surface area (Å²) in [6.45, 7) is 0. The molecule has 1 saturated carbocycles. The lowest BCUT2D eigenvalue weighted by Gasteiger charge is -2.24. The van der Waals surface area contributed by atoms with Crippen molar-refractivity contribution in [2.45, 2.75) is 25.7 Å². The Hall–Kier alpha value is -4.92. The first-order valence-corrected chi connectivity index (χ1v) is 12.9. The molecule has 3 N–H and O–H groups in total. The van der Waals surface area contributed by atoms with Gasteiger partial charge in [-0.25, -0.2) is 9.37 Å². The third kappa shape index (κ3) is 4.41. The van der Waals surface area contributed by atoms with Crippen molar-refractivity contribution in [2.24, 2.45) is 5.92 Å². The van der Waals surface area contributed by atoms with Crippen molar-refractivity contribution in [1.29, 1.82) is 0 Å². The molecule has 0 bridgehead atoms. The number of anilines is 1. The molecule has 0 unspecified atom stereocenters. The van der Waals surface area contributed by atoms with Gasteiger partial charge in [0.15, 0.2) is 5.82 Å². The molecule has 39 heavy (non-hydrogen) atoms. The van der Waals surface area contributed by atoms with Gasteiger partial charge >= 0.3 is 0 Å². The summed E-state index contributed by atoms with van der Waals surface area (Å²) >= 11 is 0. The van der Waals surface area contributed by atoms with E-state index in [9.17, 15) is 9.18 Å². The number of nitrogens with one attached hydrogen (secondary N) is 3. The van der Waals surface area contributed by atoms with Crippen LogP contribution < -0.4 is 5.32 Å². The topological polar surface area (TPSA) is 112 Å². The molecule has 6 aromatic rings. The zero-order valence-corrected chi connectivity index (χ0v) is 20.9. The second-order valence-electron chi connectivity index (χ2n) is 10.00. The van der Waals surface area contributed by atoms with Crippen LogP contribution in [0.4, 0.5) is 10.1 Å². The van der Waals surface area contributed by atoms with Crippen LogP contribution in [-0.2, 0) is 11.2 Å². The molecule has 4 heterocycles. The van der Waals surface area contributed by atoms with Crippen LogP contribution in [0, 0.1) is 11.7 Å². The highest BCUT2D eigenvalue weighted by Gasteiger charge is 2.25. The maximum absolute atomic E-state index is 13.7. The minimum atomic E-state index is -0.268. The Bertz CT molecular complexity index is 1850. The molecule has 2 aromatic carbocycles. The van der Waals surface area contributed by atoms with E-state index < -0.39 is 0 Å². The molecular formula is C30H24FN7O. The second kappa shape index (κ2) is 9.43. The molecule has 192 valence electrons. The van der Waals surface area contributed by atoms with Gasteiger partial charge in [-0.2, -0.15) is 5.10 Å². The van der Waals surface area contributed by atoms with E-state index >= 15 is 0 Å². The Kier molecular flexibility index (Phi) is 5.61. The summed E-state index contributed by atoms with van der Waals surface area (Å²) in [7, 11) is 0. The molecule has 1 amide bonds. The molecule has 7 rings (SSSR count). The molecule has 8 nitrogen and oxygen atoms in total. The van der Waals surface area contributed by atoms with Gasteiger partial charge in [-0.1, -0.05) is 24.6 Å². The fourth-order valence-electron chi connectivity index (χ4n) is 5.05. The summed E-state index contributed by atoms with van der Waals surface area (Å²) < 4.78 is 13.7. The number of carbonyl (C=O) groups is 1. The first-order valence-electron chi connectivity index (χ1n) is 12.9. The number of imidazole rings is 1. The smallest absolute Gasteiger partial charge is 0.227 e. The number of aromatic nitrogens is 6. The summed E-state index contributed by atoms with van der Waals surface area (Å²) in [4.78, 5) is 29.4. The van der Waals surface area contributed by atoms with Crippen molar-refractivity contribution in [2.75, 3.05) is 5.32 Å². The number of carbonyl (C=O) groups excluding carboxylic acids is 1. The number of nitrogens with zero attached hydrogens (tertiary/aromatic N) is 4. The SMILES string of the molecule is O=C(Nc1cncc(-c2ccc3[nH]nc(-c4nc5c(Cc6cccc(F)c6)cncc5[nH]4)c3c2)c1)C1CCC1. The number of halogens is 1. The highest BCUT2D eigenvalue weighted by molar-refractivity contribution is 5.97. The van der Waals surface area contributed by atoms with Crippen LogP contribution in [0.25, 0.3) is 44.6 Å². The predicted molar refractivity (Wildman–Crippen MR) is 147 cm³/mol. The number of benzene rings is 2. The number of aromatic amines is 2. The maximum Gasteiger partial charge on any atom is 0.227 e. The Morgan fingerprint density at radius 1 is 0.974 bits per heavy atom. The maximum atomic E-state index is 13.7. The van der Waals surface area contributed by atoms with Crippen LogP contribution in [-0.4, -0.2) is 36.0 Å². The van der Waals surface area contributed by atoms with E-state index in [0.29, 0.717) is 23.6 Å². The lowest BCUT2D eigenvalue weighted by atomic mass is 9.85. The van der Waals surface area contributed by atoms with Gasteiger partial charge in [-0.15, -0.1) is 0 Å². The average molecular weight is 518 g/mol. The number of hydrogen-bond acceptors (Lipinski definition) is 5. The molecular weight excluding hydrogens is 493 g/mol. The van der Waals surface area contributed by atoms with Crippen LogP contribution in [0.5, 0.6) is 0 Å². The minimum Gasteiger partial charge on any atom is -0.335 e. The summed E-state index contributed by atoms with van der Waals surface area (Å²) in [5.74, 6) is 0.507. The number of amides is 1. The zero-order valence-electron chi connectivity index (χ0n) is 20.9. The van der Waals surface area contributed by atoms with E-state index in [1.165, 1.54) is 12.1 Å². The monoisotopic (exact) mass is 517 g/mol. The van der Waals surface area contributed by atoms with Gasteiger partial charge in [-0.05, 0) is 54.3 Å². The molecule has 0 aliphatic heterocycles. The number of fused-ring (bicyclic) bond motifs is 2. The third-order valence-corrected chi connectivity index (χ3v) is 7.36. The van der Waals surface area contributed by atoms with Gasteiger partial charge in [0.2, 0.25) is 5.91 Å². The van der Waals surface area contributed by atoms with Crippen molar-refractivity contribution in [3.63, 3.8) is 0 Å². The Balaban J connectivity index is 1.22. The summed E-state index contributed by atoms with van der Waals surface area (Å²) in [6, 6.07) is 14.5. The van der Waals surface area contributed by atoms with E-state index in [0.717, 1.165) is 63.5 Å². The predicted octanol–water partition coefficient (Wildman–Crippen LogP) is 6.03. The van der Waals surface area contributed by atoms with E-state index in [1.54, 1.807) is 30.9 Å². The van der Waals surface area contributed by atoms with E-state index in [1.807, 2.05) is 30.3 Å². The first-order chi connectivity index (χ1) is 19.1. The van der Waals surface area contributed by atoms with Gasteiger partial charge in [0.1, 0.15) is 11.5 Å². The highest BCUT2D eigenvalue weighted by atomic mass is 19.1. The number of hydrogen-bond donors (Lipinski definition) is 3. The minimum absolute atomic E-state index is 0.0592. The quantitative estimate of drug-likeness (QED) is 0.250. The van der Waals surface area contributed by atoms with Crippen molar-refractivity contribution in [3.8, 4) is 22.6 Å². The van der Waals surface area contributed by atoms with Crippen LogP contribution in [0.3, 0.4) is 0 Å². The Morgan fingerprint density at radius 3 is 2.72 bits per heavy atom. The van der Waals surface area contributed by atoms with Gasteiger partial charge in [0, 0.05) is 41.2 Å². The number of rotatable bonds is 6. The fourth-order valence-corrected chi connectivity index (χ4v) is 5.05. The number of H-pyrrole nitrogens is 2. The molecule has 0 saturated heterocycles. The lowest BCUT2D eigenvalue weighted by Crippen LogP contribution is -2.28. The molecule has 4 aromatic heterocycles. The largest absolute Gasteiger partial charge is 0.335 e. The van der Waals surface area contributed by atoms with Gasteiger partial charge in [0.25, 0.3) is 0 Å². The highest BCUT2D eigenvalue weighted by Crippen LogP contribution is 2.32. The van der Waals surface area contributed by atoms with Crippen molar-refractivity contribution >= 4 is 33.5 Å². The third-order valence-electron chi connectivity index (χ3n) is 7.36. The van der Waals surface area contributed by atoms with Crippen LogP contribution in [0.2, 0.25) is 0 Å². The van der Waals surface area contributed by atoms with Crippen LogP contribution in [0.1, 0.15) is 30.4 Å². The lowest BCUT2D eigenvalue weighted by molar-refractivity contribution is -0.122. The van der Waals surface area contributed by atoms with Gasteiger partial charge in [0.05, 0.1) is 34.6 Å². The molecule has 1 aliphatic carbocycles. The summed E-state index contributed by atoms with van der Waals surface area (Å²) in [6.07, 6.45) is 10.5. The van der Waals surface area contributed by atoms with Crippen LogP contribution >= 0.6 is 0 Å². The van der Waals surface area contributed by atoms with Crippen molar-refractivity contribution in [3.05, 3.63) is 90.3 Å². The second-order valence-corrected chi connectivity index (χ2v) is 10.00. The van der Waals surface area contributed by atoms with Gasteiger partial charge in [-0.3, -0.25) is 19.9 Å². The Labute approximate surface area is 222 Å². The van der Waals surface area contributed by atoms with E-state index in [-0.39, 0.29) is 17.6 Å². The van der Waals surface area contributed by atoms with Crippen molar-refractivity contribution < 1.29 is 9.18 Å². The van der Waals surface area contributed by atoms with Crippen LogP contribution in [0.15, 0.2) is 73.3 Å². The standard InChI is InChI=1S/C30H24FN7O/c31-22-6-1-3-17(10-22)9-21-14-33-16-26-27(21)36-29(35-26)28-24-12-19(7-8-25(24)37-38-28)20-11-23(15-32-13-20)34-30(39)18-4-2-5-18/h1,3,6-8,10-16,18H,2,4-5,9H2,(H,34,39)(H,35,36)(H,37,38). The summed E-state index contributed by atoms with van der Waals surface area (Å²) in [5, 5.41) is 11.5. The van der Waals surface area contributed by atoms with E-state index in [2.05, 4.69) is 30.5 Å². The molecule has 0 radical (unpaired) electrons. The van der Waals surface area contributed by atoms with Crippen molar-refractivity contribution in [1.82, 2.24) is 30.1 Å². The molecule has 9 heteroatoms. The molecule has 0 spiro atoms. The van der Waals surface area contributed by atoms with Gasteiger partial charge < -0.3 is 10.3 Å². The molecule has 1 aliphatic rings. The Morgan fingerprint density at radius 2 is 1.87 bits per heavy atom. The normalized spacial score (nSPS) is 13.6. The zero-order chi connectivity index (χ0) is 26.3. The van der Waals surface area contributed by atoms with E-state index in [4.69, 9.17) is 4.98 Å². The summed E-state index contributed by atoms with van der Waals surface area (Å²) in [5.41, 5.74) is 7.38. The first kappa shape index (κ1) is 23.2. The fraction of sp³-hybridized carbons (Fsp3) is 0.167. The molecule has 1 fully saturated rings. The number of pyridine rings is 2.